The van der Waals surface area contributed by atoms with Crippen molar-refractivity contribution in [1.29, 1.82) is 0 Å². The lowest BCUT2D eigenvalue weighted by atomic mass is 10.1. The minimum atomic E-state index is -0.821. The zero-order chi connectivity index (χ0) is 15.9. The van der Waals surface area contributed by atoms with Gasteiger partial charge in [0, 0.05) is 12.5 Å². The number of aliphatic carboxylic acids is 1. The Morgan fingerprint density at radius 3 is 2.77 bits per heavy atom. The number of hydrogen-bond acceptors (Lipinski definition) is 5. The predicted molar refractivity (Wildman–Crippen MR) is 79.4 cm³/mol. The molecule has 1 heterocycles. The molecule has 2 N–H and O–H groups in total. The third kappa shape index (κ3) is 4.16. The first kappa shape index (κ1) is 15.7. The lowest BCUT2D eigenvalue weighted by molar-refractivity contribution is -0.384. The molecule has 1 aromatic heterocycles. The van der Waals surface area contributed by atoms with E-state index in [1.165, 1.54) is 6.07 Å². The van der Waals surface area contributed by atoms with E-state index in [-0.39, 0.29) is 12.1 Å². The molecule has 0 unspecified atom stereocenters. The van der Waals surface area contributed by atoms with Gasteiger partial charge in [-0.15, -0.1) is 0 Å². The van der Waals surface area contributed by atoms with Crippen molar-refractivity contribution in [3.05, 3.63) is 52.3 Å². The second-order valence-electron chi connectivity index (χ2n) is 4.71. The van der Waals surface area contributed by atoms with Crippen molar-refractivity contribution in [3.63, 3.8) is 0 Å². The second kappa shape index (κ2) is 7.37. The van der Waals surface area contributed by atoms with Crippen molar-refractivity contribution < 1.29 is 19.2 Å². The van der Waals surface area contributed by atoms with Gasteiger partial charge in [-0.1, -0.05) is 12.1 Å². The van der Waals surface area contributed by atoms with E-state index in [2.05, 4.69) is 5.32 Å². The molecule has 0 saturated carbocycles. The van der Waals surface area contributed by atoms with Crippen molar-refractivity contribution in [1.82, 2.24) is 5.32 Å². The number of para-hydroxylation sites is 1. The first-order valence-corrected chi connectivity index (χ1v) is 6.83. The van der Waals surface area contributed by atoms with Crippen LogP contribution in [-0.2, 0) is 11.3 Å². The van der Waals surface area contributed by atoms with E-state index in [1.54, 1.807) is 30.3 Å². The van der Waals surface area contributed by atoms with E-state index in [0.29, 0.717) is 36.6 Å². The van der Waals surface area contributed by atoms with E-state index in [4.69, 9.17) is 9.52 Å². The third-order valence-corrected chi connectivity index (χ3v) is 3.07. The molecule has 0 atom stereocenters. The molecule has 0 aliphatic carbocycles. The van der Waals surface area contributed by atoms with Gasteiger partial charge < -0.3 is 14.8 Å². The summed E-state index contributed by atoms with van der Waals surface area (Å²) in [5.74, 6) is 0.261. The minimum Gasteiger partial charge on any atom is -0.481 e. The Morgan fingerprint density at radius 1 is 1.27 bits per heavy atom. The fourth-order valence-corrected chi connectivity index (χ4v) is 2.04. The van der Waals surface area contributed by atoms with Crippen LogP contribution in [0.15, 0.2) is 40.8 Å². The number of nitrogens with one attached hydrogen (secondary N) is 1. The van der Waals surface area contributed by atoms with Gasteiger partial charge in [0.25, 0.3) is 5.69 Å². The maximum absolute atomic E-state index is 11.0. The van der Waals surface area contributed by atoms with Crippen LogP contribution in [0.3, 0.4) is 0 Å². The average Bonchev–Trinajstić information content (AvgIpc) is 2.95. The average molecular weight is 304 g/mol. The van der Waals surface area contributed by atoms with Crippen LogP contribution in [0.1, 0.15) is 18.6 Å². The number of hydrogen-bond donors (Lipinski definition) is 2. The fourth-order valence-electron chi connectivity index (χ4n) is 2.04. The van der Waals surface area contributed by atoms with Gasteiger partial charge in [0.05, 0.1) is 17.0 Å². The van der Waals surface area contributed by atoms with Gasteiger partial charge in [-0.05, 0) is 31.2 Å². The van der Waals surface area contributed by atoms with E-state index >= 15 is 0 Å². The van der Waals surface area contributed by atoms with Crippen LogP contribution in [0, 0.1) is 10.1 Å². The van der Waals surface area contributed by atoms with Crippen LogP contribution < -0.4 is 5.32 Å². The molecular formula is C15H16N2O5. The van der Waals surface area contributed by atoms with Crippen LogP contribution in [-0.4, -0.2) is 22.5 Å². The van der Waals surface area contributed by atoms with Gasteiger partial charge in [0.15, 0.2) is 0 Å². The maximum atomic E-state index is 11.0. The molecule has 2 rings (SSSR count). The molecule has 7 heteroatoms. The van der Waals surface area contributed by atoms with E-state index in [0.717, 1.165) is 0 Å². The van der Waals surface area contributed by atoms with Gasteiger partial charge in [-0.25, -0.2) is 0 Å². The summed E-state index contributed by atoms with van der Waals surface area (Å²) in [6, 6.07) is 9.83. The molecule has 0 radical (unpaired) electrons. The van der Waals surface area contributed by atoms with Crippen LogP contribution in [0.5, 0.6) is 0 Å². The summed E-state index contributed by atoms with van der Waals surface area (Å²) < 4.78 is 5.60. The number of rotatable bonds is 8. The van der Waals surface area contributed by atoms with Crippen molar-refractivity contribution in [2.75, 3.05) is 6.54 Å². The van der Waals surface area contributed by atoms with Crippen LogP contribution >= 0.6 is 0 Å². The molecule has 22 heavy (non-hydrogen) atoms. The number of nitrogens with zero attached hydrogens (tertiary/aromatic N) is 1. The van der Waals surface area contributed by atoms with Crippen LogP contribution in [0.4, 0.5) is 5.69 Å². The van der Waals surface area contributed by atoms with Gasteiger partial charge in [0.2, 0.25) is 0 Å². The molecule has 7 nitrogen and oxygen atoms in total. The third-order valence-electron chi connectivity index (χ3n) is 3.07. The summed E-state index contributed by atoms with van der Waals surface area (Å²) in [6.45, 7) is 1.01. The molecule has 0 amide bonds. The topological polar surface area (TPSA) is 106 Å². The number of carbonyl (C=O) groups is 1. The number of benzene rings is 1. The fraction of sp³-hybridized carbons (Fsp3) is 0.267. The smallest absolute Gasteiger partial charge is 0.303 e. The predicted octanol–water partition coefficient (Wildman–Crippen LogP) is 2.81. The lowest BCUT2D eigenvalue weighted by Gasteiger charge is -2.01. The largest absolute Gasteiger partial charge is 0.481 e. The molecule has 0 saturated heterocycles. The SMILES string of the molecule is O=C(O)CCCNCc1ccc(-c2ccccc2[N+](=O)[O-])o1. The molecule has 2 aromatic rings. The summed E-state index contributed by atoms with van der Waals surface area (Å²) in [4.78, 5) is 20.9. The number of nitro groups is 1. The normalized spacial score (nSPS) is 10.5. The first-order valence-electron chi connectivity index (χ1n) is 6.83. The Balaban J connectivity index is 1.97. The van der Waals surface area contributed by atoms with E-state index in [1.807, 2.05) is 0 Å². The highest BCUT2D eigenvalue weighted by atomic mass is 16.6. The molecule has 1 aromatic carbocycles. The zero-order valence-electron chi connectivity index (χ0n) is 11.8. The second-order valence-corrected chi connectivity index (χ2v) is 4.71. The Hall–Kier alpha value is -2.67. The van der Waals surface area contributed by atoms with E-state index < -0.39 is 10.9 Å². The number of nitro benzene ring substituents is 1. The minimum absolute atomic E-state index is 0.00202. The van der Waals surface area contributed by atoms with Crippen molar-refractivity contribution in [3.8, 4) is 11.3 Å². The molecule has 0 bridgehead atoms. The van der Waals surface area contributed by atoms with Crippen molar-refractivity contribution in [2.24, 2.45) is 0 Å². The number of furan rings is 1. The summed E-state index contributed by atoms with van der Waals surface area (Å²) in [7, 11) is 0. The molecule has 0 aliphatic rings. The van der Waals surface area contributed by atoms with E-state index in [9.17, 15) is 14.9 Å². The highest BCUT2D eigenvalue weighted by Gasteiger charge is 2.16. The van der Waals surface area contributed by atoms with Crippen molar-refractivity contribution in [2.45, 2.75) is 19.4 Å². The Bertz CT molecular complexity index is 665. The highest BCUT2D eigenvalue weighted by Crippen LogP contribution is 2.30. The van der Waals surface area contributed by atoms with Gasteiger partial charge in [-0.3, -0.25) is 14.9 Å². The molecule has 0 aliphatic heterocycles. The Labute approximate surface area is 126 Å². The first-order chi connectivity index (χ1) is 10.6. The number of carboxylic acids is 1. The van der Waals surface area contributed by atoms with Crippen molar-refractivity contribution >= 4 is 11.7 Å². The molecular weight excluding hydrogens is 288 g/mol. The Kier molecular flexibility index (Phi) is 5.26. The molecule has 0 spiro atoms. The number of carboxylic acid groups (broad SMARTS) is 1. The summed E-state index contributed by atoms with van der Waals surface area (Å²) in [5.41, 5.74) is 0.433. The van der Waals surface area contributed by atoms with Crippen LogP contribution in [0.25, 0.3) is 11.3 Å². The van der Waals surface area contributed by atoms with Gasteiger partial charge in [0.1, 0.15) is 11.5 Å². The Morgan fingerprint density at radius 2 is 2.05 bits per heavy atom. The van der Waals surface area contributed by atoms with Gasteiger partial charge >= 0.3 is 5.97 Å². The standard InChI is InChI=1S/C15H16N2O5/c18-15(19)6-3-9-16-10-11-7-8-14(22-11)12-4-1-2-5-13(12)17(20)21/h1-2,4-5,7-8,16H,3,6,9-10H2,(H,18,19). The summed E-state index contributed by atoms with van der Waals surface area (Å²) in [5, 5.41) is 22.6. The van der Waals surface area contributed by atoms with Crippen LogP contribution in [0.2, 0.25) is 0 Å². The molecule has 0 fully saturated rings. The van der Waals surface area contributed by atoms with Gasteiger partial charge in [-0.2, -0.15) is 0 Å². The quantitative estimate of drug-likeness (QED) is 0.441. The molecule has 116 valence electrons. The summed E-state index contributed by atoms with van der Waals surface area (Å²) in [6.07, 6.45) is 0.652. The summed E-state index contributed by atoms with van der Waals surface area (Å²) >= 11 is 0. The highest BCUT2D eigenvalue weighted by molar-refractivity contribution is 5.69. The monoisotopic (exact) mass is 304 g/mol. The zero-order valence-corrected chi connectivity index (χ0v) is 11.8. The lowest BCUT2D eigenvalue weighted by Crippen LogP contribution is -2.15. The maximum Gasteiger partial charge on any atom is 0.303 e.